The average Bonchev–Trinajstić information content (AvgIpc) is 3.30. The first-order valence-electron chi connectivity index (χ1n) is 8.03. The molecule has 0 fully saturated rings. The lowest BCUT2D eigenvalue weighted by molar-refractivity contribution is 0.0978. The van der Waals surface area contributed by atoms with Crippen molar-refractivity contribution in [1.82, 2.24) is 9.97 Å². The van der Waals surface area contributed by atoms with E-state index in [9.17, 15) is 14.3 Å². The zero-order valence-corrected chi connectivity index (χ0v) is 15.7. The van der Waals surface area contributed by atoms with Gasteiger partial charge in [-0.2, -0.15) is 0 Å². The zero-order valence-electron chi connectivity index (χ0n) is 14.1. The van der Waals surface area contributed by atoms with Gasteiger partial charge in [0.25, 0.3) is 0 Å². The van der Waals surface area contributed by atoms with Crippen LogP contribution in [0.4, 0.5) is 4.39 Å². The highest BCUT2D eigenvalue weighted by Gasteiger charge is 2.19. The minimum absolute atomic E-state index is 0.0757. The summed E-state index contributed by atoms with van der Waals surface area (Å²) in [4.78, 5) is 22.2. The Morgan fingerprint density at radius 2 is 2.04 bits per heavy atom. The van der Waals surface area contributed by atoms with Gasteiger partial charge in [-0.15, -0.1) is 22.7 Å². The van der Waals surface area contributed by atoms with Crippen LogP contribution >= 0.6 is 22.7 Å². The van der Waals surface area contributed by atoms with Gasteiger partial charge in [0.1, 0.15) is 11.5 Å². The van der Waals surface area contributed by atoms with Crippen LogP contribution in [0, 0.1) is 5.82 Å². The number of nitrogens with zero attached hydrogens (tertiary/aromatic N) is 2. The number of carbonyl (C=O) groups excluding carboxylic acids is 1. The second kappa shape index (κ2) is 8.44. The normalized spacial score (nSPS) is 11.7. The van der Waals surface area contributed by atoms with Gasteiger partial charge in [0.15, 0.2) is 15.8 Å². The SMILES string of the molecule is C/C(=C\c1sc(-c2nccs2)nc1C(=O)CCc1ccc(F)cc1)CO. The lowest BCUT2D eigenvalue weighted by Gasteiger charge is -2.01. The number of rotatable bonds is 7. The van der Waals surface area contributed by atoms with Crippen LogP contribution in [0.3, 0.4) is 0 Å². The summed E-state index contributed by atoms with van der Waals surface area (Å²) in [5.41, 5.74) is 2.06. The van der Waals surface area contributed by atoms with Gasteiger partial charge < -0.3 is 5.11 Å². The number of aliphatic hydroxyl groups is 1. The highest BCUT2D eigenvalue weighted by atomic mass is 32.1. The van der Waals surface area contributed by atoms with Crippen LogP contribution in [0.1, 0.15) is 34.3 Å². The summed E-state index contributed by atoms with van der Waals surface area (Å²) in [6.07, 6.45) is 4.29. The smallest absolute Gasteiger partial charge is 0.183 e. The van der Waals surface area contributed by atoms with E-state index in [0.717, 1.165) is 21.0 Å². The van der Waals surface area contributed by atoms with E-state index in [-0.39, 0.29) is 24.6 Å². The molecule has 3 rings (SSSR count). The predicted octanol–water partition coefficient (Wildman–Crippen LogP) is 4.62. The Balaban J connectivity index is 1.84. The first kappa shape index (κ1) is 18.6. The summed E-state index contributed by atoms with van der Waals surface area (Å²) in [6.45, 7) is 1.73. The van der Waals surface area contributed by atoms with Gasteiger partial charge in [-0.25, -0.2) is 14.4 Å². The third-order valence-corrected chi connectivity index (χ3v) is 5.63. The molecule has 134 valence electrons. The van der Waals surface area contributed by atoms with Crippen molar-refractivity contribution in [3.8, 4) is 10.0 Å². The summed E-state index contributed by atoms with van der Waals surface area (Å²) >= 11 is 2.86. The highest BCUT2D eigenvalue weighted by molar-refractivity contribution is 7.21. The number of Topliss-reactive ketones (excluding diaryl/α,β-unsaturated/α-hetero) is 1. The van der Waals surface area contributed by atoms with Crippen molar-refractivity contribution in [1.29, 1.82) is 0 Å². The number of thiazole rings is 2. The number of carbonyl (C=O) groups is 1. The van der Waals surface area contributed by atoms with E-state index in [1.54, 1.807) is 31.3 Å². The molecule has 0 spiro atoms. The van der Waals surface area contributed by atoms with E-state index in [2.05, 4.69) is 9.97 Å². The summed E-state index contributed by atoms with van der Waals surface area (Å²) < 4.78 is 13.0. The molecule has 0 atom stereocenters. The molecule has 7 heteroatoms. The Morgan fingerprint density at radius 3 is 2.69 bits per heavy atom. The number of benzene rings is 1. The first-order valence-corrected chi connectivity index (χ1v) is 9.73. The number of aryl methyl sites for hydroxylation is 1. The number of aromatic nitrogens is 2. The second-order valence-corrected chi connectivity index (χ2v) is 7.69. The highest BCUT2D eigenvalue weighted by Crippen LogP contribution is 2.31. The van der Waals surface area contributed by atoms with Crippen LogP contribution < -0.4 is 0 Å². The number of hydrogen-bond donors (Lipinski definition) is 1. The van der Waals surface area contributed by atoms with Gasteiger partial charge in [0.05, 0.1) is 11.5 Å². The van der Waals surface area contributed by atoms with E-state index in [1.807, 2.05) is 5.38 Å². The van der Waals surface area contributed by atoms with Crippen LogP contribution in [-0.4, -0.2) is 27.5 Å². The van der Waals surface area contributed by atoms with Gasteiger partial charge in [-0.05, 0) is 42.7 Å². The molecular weight excluding hydrogens is 371 g/mol. The third kappa shape index (κ3) is 4.49. The largest absolute Gasteiger partial charge is 0.392 e. The van der Waals surface area contributed by atoms with Gasteiger partial charge >= 0.3 is 0 Å². The topological polar surface area (TPSA) is 63.1 Å². The summed E-state index contributed by atoms with van der Waals surface area (Å²) in [5.74, 6) is -0.370. The molecule has 2 heterocycles. The molecule has 0 unspecified atom stereocenters. The predicted molar refractivity (Wildman–Crippen MR) is 103 cm³/mol. The minimum atomic E-state index is -0.292. The Bertz CT molecular complexity index is 916. The number of halogens is 1. The monoisotopic (exact) mass is 388 g/mol. The molecule has 3 aromatic rings. The fourth-order valence-corrected chi connectivity index (χ4v) is 4.14. The van der Waals surface area contributed by atoms with E-state index in [1.165, 1.54) is 34.8 Å². The standard InChI is InChI=1S/C19H17FN2O2S2/c1-12(11-23)10-16-17(22-19(26-16)18-21-8-9-25-18)15(24)7-4-13-2-5-14(20)6-3-13/h2-3,5-6,8-10,23H,4,7,11H2,1H3/b12-10+. The molecule has 0 amide bonds. The molecule has 0 bridgehead atoms. The third-order valence-electron chi connectivity index (χ3n) is 3.71. The van der Waals surface area contributed by atoms with Crippen molar-refractivity contribution in [2.75, 3.05) is 6.61 Å². The maximum Gasteiger partial charge on any atom is 0.183 e. The number of hydrogen-bond acceptors (Lipinski definition) is 6. The fourth-order valence-electron chi connectivity index (χ4n) is 2.35. The molecule has 2 aromatic heterocycles. The molecule has 4 nitrogen and oxygen atoms in total. The lowest BCUT2D eigenvalue weighted by Crippen LogP contribution is -2.04. The summed E-state index contributed by atoms with van der Waals surface area (Å²) in [6, 6.07) is 6.15. The molecule has 0 radical (unpaired) electrons. The van der Waals surface area contributed by atoms with E-state index < -0.39 is 0 Å². The minimum Gasteiger partial charge on any atom is -0.392 e. The Labute approximate surface area is 158 Å². The quantitative estimate of drug-likeness (QED) is 0.600. The molecule has 0 aliphatic heterocycles. The average molecular weight is 388 g/mol. The van der Waals surface area contributed by atoms with Crippen molar-refractivity contribution >= 4 is 34.5 Å². The van der Waals surface area contributed by atoms with Crippen molar-refractivity contribution in [3.63, 3.8) is 0 Å². The zero-order chi connectivity index (χ0) is 18.5. The van der Waals surface area contributed by atoms with Crippen molar-refractivity contribution in [3.05, 3.63) is 63.4 Å². The van der Waals surface area contributed by atoms with E-state index >= 15 is 0 Å². The van der Waals surface area contributed by atoms with Crippen LogP contribution in [0.15, 0.2) is 41.4 Å². The first-order chi connectivity index (χ1) is 12.6. The van der Waals surface area contributed by atoms with Gasteiger partial charge in [0.2, 0.25) is 0 Å². The molecule has 0 aliphatic carbocycles. The molecular formula is C19H17FN2O2S2. The van der Waals surface area contributed by atoms with E-state index in [0.29, 0.717) is 17.1 Å². The fraction of sp³-hybridized carbons (Fsp3) is 0.211. The van der Waals surface area contributed by atoms with Crippen molar-refractivity contribution in [2.45, 2.75) is 19.8 Å². The number of ketones is 1. The Hall–Kier alpha value is -2.22. The maximum atomic E-state index is 13.0. The molecule has 0 saturated carbocycles. The molecule has 0 saturated heterocycles. The second-order valence-electron chi connectivity index (χ2n) is 5.77. The molecule has 0 aliphatic rings. The molecule has 1 N–H and O–H groups in total. The van der Waals surface area contributed by atoms with Crippen molar-refractivity contribution < 1.29 is 14.3 Å². The summed E-state index contributed by atoms with van der Waals surface area (Å²) in [7, 11) is 0. The van der Waals surface area contributed by atoms with Crippen molar-refractivity contribution in [2.24, 2.45) is 0 Å². The van der Waals surface area contributed by atoms with Crippen LogP contribution in [-0.2, 0) is 6.42 Å². The molecule has 26 heavy (non-hydrogen) atoms. The van der Waals surface area contributed by atoms with E-state index in [4.69, 9.17) is 0 Å². The Kier molecular flexibility index (Phi) is 6.03. The van der Waals surface area contributed by atoms with Gasteiger partial charge in [0, 0.05) is 18.0 Å². The van der Waals surface area contributed by atoms with Crippen LogP contribution in [0.25, 0.3) is 16.1 Å². The molecule has 1 aromatic carbocycles. The Morgan fingerprint density at radius 1 is 1.27 bits per heavy atom. The van der Waals surface area contributed by atoms with Gasteiger partial charge in [-0.3, -0.25) is 4.79 Å². The summed E-state index contributed by atoms with van der Waals surface area (Å²) in [5, 5.41) is 12.6. The van der Waals surface area contributed by atoms with Crippen LogP contribution in [0.2, 0.25) is 0 Å². The van der Waals surface area contributed by atoms with Crippen LogP contribution in [0.5, 0.6) is 0 Å². The lowest BCUT2D eigenvalue weighted by atomic mass is 10.1. The number of aliphatic hydroxyl groups excluding tert-OH is 1. The van der Waals surface area contributed by atoms with Gasteiger partial charge in [-0.1, -0.05) is 12.1 Å². The maximum absolute atomic E-state index is 13.0.